The van der Waals surface area contributed by atoms with Crippen molar-refractivity contribution in [3.05, 3.63) is 0 Å². The van der Waals surface area contributed by atoms with E-state index in [-0.39, 0.29) is 11.4 Å². The summed E-state index contributed by atoms with van der Waals surface area (Å²) in [6, 6.07) is 0. The lowest BCUT2D eigenvalue weighted by Gasteiger charge is -2.40. The maximum absolute atomic E-state index is 11.6. The Morgan fingerprint density at radius 1 is 1.58 bits per heavy atom. The van der Waals surface area contributed by atoms with Crippen molar-refractivity contribution in [1.82, 2.24) is 5.32 Å². The van der Waals surface area contributed by atoms with Crippen LogP contribution in [0.2, 0.25) is 0 Å². The van der Waals surface area contributed by atoms with E-state index in [0.29, 0.717) is 12.5 Å². The van der Waals surface area contributed by atoms with Gasteiger partial charge in [0.2, 0.25) is 0 Å². The molecule has 0 atom stereocenters. The smallest absolute Gasteiger partial charge is 0.314 e. The molecule has 1 saturated carbocycles. The summed E-state index contributed by atoms with van der Waals surface area (Å²) in [5.41, 5.74) is -0.129. The first-order valence-corrected chi connectivity index (χ1v) is 4.67. The van der Waals surface area contributed by atoms with Crippen LogP contribution in [0.3, 0.4) is 0 Å². The fourth-order valence-electron chi connectivity index (χ4n) is 1.90. The predicted molar refractivity (Wildman–Crippen MR) is 44.7 cm³/mol. The molecule has 0 aromatic rings. The molecular formula is C9H15NO2. The van der Waals surface area contributed by atoms with Crippen LogP contribution in [-0.2, 0) is 9.53 Å². The van der Waals surface area contributed by atoms with Gasteiger partial charge in [-0.1, -0.05) is 0 Å². The SMILES string of the molecule is CCOC(=O)C1(C2CC2)CNC1. The fraction of sp³-hybridized carbons (Fsp3) is 0.889. The molecule has 1 heterocycles. The second-order valence-corrected chi connectivity index (χ2v) is 3.75. The topological polar surface area (TPSA) is 38.3 Å². The minimum Gasteiger partial charge on any atom is -0.465 e. The second kappa shape index (κ2) is 2.73. The quantitative estimate of drug-likeness (QED) is 0.627. The molecule has 0 aromatic carbocycles. The molecule has 12 heavy (non-hydrogen) atoms. The molecular weight excluding hydrogens is 154 g/mol. The Bertz CT molecular complexity index is 195. The number of nitrogens with one attached hydrogen (secondary N) is 1. The molecule has 3 heteroatoms. The largest absolute Gasteiger partial charge is 0.465 e. The summed E-state index contributed by atoms with van der Waals surface area (Å²) in [5, 5.41) is 3.16. The third-order valence-corrected chi connectivity index (χ3v) is 2.92. The van der Waals surface area contributed by atoms with Crippen LogP contribution in [-0.4, -0.2) is 25.7 Å². The summed E-state index contributed by atoms with van der Waals surface area (Å²) >= 11 is 0. The highest BCUT2D eigenvalue weighted by Gasteiger charge is 2.55. The third-order valence-electron chi connectivity index (χ3n) is 2.92. The highest BCUT2D eigenvalue weighted by molar-refractivity contribution is 5.79. The molecule has 0 aromatic heterocycles. The summed E-state index contributed by atoms with van der Waals surface area (Å²) in [6.45, 7) is 4.03. The van der Waals surface area contributed by atoms with Crippen LogP contribution >= 0.6 is 0 Å². The number of esters is 1. The number of hydrogen-bond acceptors (Lipinski definition) is 3. The summed E-state index contributed by atoms with van der Waals surface area (Å²) in [7, 11) is 0. The molecule has 0 bridgehead atoms. The minimum atomic E-state index is -0.129. The number of carbonyl (C=O) groups excluding carboxylic acids is 1. The van der Waals surface area contributed by atoms with Gasteiger partial charge in [0.05, 0.1) is 12.0 Å². The van der Waals surface area contributed by atoms with E-state index < -0.39 is 0 Å². The second-order valence-electron chi connectivity index (χ2n) is 3.75. The van der Waals surface area contributed by atoms with Gasteiger partial charge < -0.3 is 10.1 Å². The summed E-state index contributed by atoms with van der Waals surface area (Å²) in [6.07, 6.45) is 2.42. The molecule has 1 aliphatic carbocycles. The van der Waals surface area contributed by atoms with Crippen LogP contribution in [0.1, 0.15) is 19.8 Å². The summed E-state index contributed by atoms with van der Waals surface area (Å²) in [4.78, 5) is 11.6. The number of carbonyl (C=O) groups is 1. The van der Waals surface area contributed by atoms with Gasteiger partial charge in [-0.15, -0.1) is 0 Å². The Hall–Kier alpha value is -0.570. The fourth-order valence-corrected chi connectivity index (χ4v) is 1.90. The lowest BCUT2D eigenvalue weighted by Crippen LogP contribution is -2.60. The highest BCUT2D eigenvalue weighted by Crippen LogP contribution is 2.48. The van der Waals surface area contributed by atoms with E-state index in [0.717, 1.165) is 13.1 Å². The Balaban J connectivity index is 2.00. The monoisotopic (exact) mass is 169 g/mol. The van der Waals surface area contributed by atoms with Crippen LogP contribution in [0, 0.1) is 11.3 Å². The van der Waals surface area contributed by atoms with Crippen molar-refractivity contribution in [3.63, 3.8) is 0 Å². The molecule has 0 unspecified atom stereocenters. The van der Waals surface area contributed by atoms with Gasteiger partial charge in [0.25, 0.3) is 0 Å². The van der Waals surface area contributed by atoms with E-state index in [1.807, 2.05) is 6.92 Å². The van der Waals surface area contributed by atoms with Gasteiger partial charge in [-0.2, -0.15) is 0 Å². The normalized spacial score (nSPS) is 26.1. The Kier molecular flexibility index (Phi) is 1.83. The first kappa shape index (κ1) is 8.05. The van der Waals surface area contributed by atoms with Crippen molar-refractivity contribution in [2.75, 3.05) is 19.7 Å². The van der Waals surface area contributed by atoms with Crippen LogP contribution in [0.25, 0.3) is 0 Å². The van der Waals surface area contributed by atoms with Gasteiger partial charge in [-0.25, -0.2) is 0 Å². The first-order chi connectivity index (χ1) is 5.79. The van der Waals surface area contributed by atoms with Gasteiger partial charge in [0.1, 0.15) is 0 Å². The zero-order chi connectivity index (χ0) is 8.60. The molecule has 0 amide bonds. The van der Waals surface area contributed by atoms with E-state index in [2.05, 4.69) is 5.32 Å². The minimum absolute atomic E-state index is 0.0197. The van der Waals surface area contributed by atoms with Crippen LogP contribution in [0.5, 0.6) is 0 Å². The lowest BCUT2D eigenvalue weighted by molar-refractivity contribution is -0.160. The average molecular weight is 169 g/mol. The van der Waals surface area contributed by atoms with E-state index in [1.165, 1.54) is 12.8 Å². The van der Waals surface area contributed by atoms with Gasteiger partial charge in [0, 0.05) is 13.1 Å². The van der Waals surface area contributed by atoms with Gasteiger partial charge in [-0.3, -0.25) is 4.79 Å². The lowest BCUT2D eigenvalue weighted by atomic mass is 9.77. The highest BCUT2D eigenvalue weighted by atomic mass is 16.5. The molecule has 0 radical (unpaired) electrons. The summed E-state index contributed by atoms with van der Waals surface area (Å²) < 4.78 is 5.07. The van der Waals surface area contributed by atoms with Gasteiger partial charge in [0.15, 0.2) is 0 Å². The van der Waals surface area contributed by atoms with E-state index in [1.54, 1.807) is 0 Å². The zero-order valence-electron chi connectivity index (χ0n) is 7.43. The van der Waals surface area contributed by atoms with Crippen molar-refractivity contribution in [3.8, 4) is 0 Å². The third kappa shape index (κ3) is 1.04. The zero-order valence-corrected chi connectivity index (χ0v) is 7.43. The molecule has 3 nitrogen and oxygen atoms in total. The van der Waals surface area contributed by atoms with Crippen molar-refractivity contribution in [2.45, 2.75) is 19.8 Å². The van der Waals surface area contributed by atoms with Crippen molar-refractivity contribution in [2.24, 2.45) is 11.3 Å². The standard InChI is InChI=1S/C9H15NO2/c1-2-12-8(11)9(5-10-6-9)7-3-4-7/h7,10H,2-6H2,1H3. The van der Waals surface area contributed by atoms with Crippen molar-refractivity contribution >= 4 is 5.97 Å². The van der Waals surface area contributed by atoms with Gasteiger partial charge >= 0.3 is 5.97 Å². The molecule has 1 saturated heterocycles. The molecule has 2 fully saturated rings. The first-order valence-electron chi connectivity index (χ1n) is 4.67. The number of hydrogen-bond donors (Lipinski definition) is 1. The van der Waals surface area contributed by atoms with E-state index in [4.69, 9.17) is 4.74 Å². The van der Waals surface area contributed by atoms with E-state index in [9.17, 15) is 4.79 Å². The van der Waals surface area contributed by atoms with Crippen LogP contribution in [0.4, 0.5) is 0 Å². The van der Waals surface area contributed by atoms with Crippen LogP contribution in [0.15, 0.2) is 0 Å². The molecule has 2 aliphatic rings. The Morgan fingerprint density at radius 2 is 2.25 bits per heavy atom. The molecule has 1 aliphatic heterocycles. The molecule has 68 valence electrons. The van der Waals surface area contributed by atoms with Crippen LogP contribution < -0.4 is 5.32 Å². The van der Waals surface area contributed by atoms with Crippen molar-refractivity contribution in [1.29, 1.82) is 0 Å². The van der Waals surface area contributed by atoms with Crippen molar-refractivity contribution < 1.29 is 9.53 Å². The maximum atomic E-state index is 11.6. The number of rotatable bonds is 3. The van der Waals surface area contributed by atoms with E-state index >= 15 is 0 Å². The average Bonchev–Trinajstić information content (AvgIpc) is 2.69. The Morgan fingerprint density at radius 3 is 2.58 bits per heavy atom. The molecule has 2 rings (SSSR count). The molecule has 1 N–H and O–H groups in total. The Labute approximate surface area is 72.5 Å². The summed E-state index contributed by atoms with van der Waals surface area (Å²) in [5.74, 6) is 0.629. The number of ether oxygens (including phenoxy) is 1. The molecule has 0 spiro atoms. The maximum Gasteiger partial charge on any atom is 0.314 e. The predicted octanol–water partition coefficient (Wildman–Crippen LogP) is 0.549. The van der Waals surface area contributed by atoms with Gasteiger partial charge in [-0.05, 0) is 25.7 Å².